The fourth-order valence-corrected chi connectivity index (χ4v) is 1.49. The second kappa shape index (κ2) is 5.14. The molecule has 0 bridgehead atoms. The molecule has 0 saturated carbocycles. The fourth-order valence-electron chi connectivity index (χ4n) is 1.49. The van der Waals surface area contributed by atoms with Crippen LogP contribution in [-0.4, -0.2) is 15.2 Å². The first-order chi connectivity index (χ1) is 8.65. The van der Waals surface area contributed by atoms with Crippen molar-refractivity contribution in [1.29, 1.82) is 0 Å². The summed E-state index contributed by atoms with van der Waals surface area (Å²) >= 11 is 0. The van der Waals surface area contributed by atoms with Gasteiger partial charge < -0.3 is 5.11 Å². The van der Waals surface area contributed by atoms with Gasteiger partial charge in [0.05, 0.1) is 4.91 Å². The van der Waals surface area contributed by atoms with E-state index in [1.807, 2.05) is 12.2 Å². The minimum Gasteiger partial charge on any atom is -0.508 e. The molecule has 2 aromatic rings. The zero-order chi connectivity index (χ0) is 13.0. The molecule has 0 unspecified atom stereocenters. The van der Waals surface area contributed by atoms with Crippen molar-refractivity contribution >= 4 is 17.8 Å². The van der Waals surface area contributed by atoms with Crippen LogP contribution in [0.25, 0.3) is 12.2 Å². The highest BCUT2D eigenvalue weighted by atomic mass is 16.6. The summed E-state index contributed by atoms with van der Waals surface area (Å²) < 4.78 is 0. The van der Waals surface area contributed by atoms with Crippen LogP contribution in [0.15, 0.2) is 48.5 Å². The lowest BCUT2D eigenvalue weighted by molar-refractivity contribution is -0.729. The Kier molecular flexibility index (Phi) is 3.38. The van der Waals surface area contributed by atoms with E-state index in [1.54, 1.807) is 36.4 Å². The summed E-state index contributed by atoms with van der Waals surface area (Å²) in [5.74, 6) is 0.231. The van der Waals surface area contributed by atoms with Crippen LogP contribution in [0.3, 0.4) is 0 Å². The first kappa shape index (κ1) is 11.9. The maximum Gasteiger partial charge on any atom is 0.316 e. The van der Waals surface area contributed by atoms with E-state index < -0.39 is 0 Å². The Morgan fingerprint density at radius 1 is 0.833 bits per heavy atom. The Hall–Kier alpha value is -2.62. The molecular formula is C14H12NO3+. The molecule has 0 amide bonds. The molecule has 0 aliphatic rings. The van der Waals surface area contributed by atoms with Crippen LogP contribution < -0.4 is 0 Å². The third-order valence-corrected chi connectivity index (χ3v) is 2.48. The SMILES string of the molecule is O=[N+](O)c1ccc(/C=C/c2ccc(O)cc2)cc1. The molecule has 2 N–H and O–H groups in total. The maximum absolute atomic E-state index is 10.6. The van der Waals surface area contributed by atoms with Crippen LogP contribution in [0.2, 0.25) is 0 Å². The van der Waals surface area contributed by atoms with E-state index in [4.69, 9.17) is 10.3 Å². The standard InChI is InChI=1S/C14H11NO3/c16-14-9-5-12(6-10-14)2-1-11-3-7-13(8-4-11)15(17)18/h1-10H,(H-,16,17,18)/p+1/b2-1+. The molecule has 0 aliphatic heterocycles. The van der Waals surface area contributed by atoms with E-state index in [2.05, 4.69) is 0 Å². The van der Waals surface area contributed by atoms with Crippen LogP contribution in [0.5, 0.6) is 5.75 Å². The van der Waals surface area contributed by atoms with Crippen LogP contribution in [-0.2, 0) is 0 Å². The van der Waals surface area contributed by atoms with Gasteiger partial charge in [-0.1, -0.05) is 24.3 Å². The van der Waals surface area contributed by atoms with Gasteiger partial charge in [0.1, 0.15) is 5.75 Å². The number of phenolic OH excluding ortho intramolecular Hbond substituents is 1. The minimum absolute atomic E-state index is 0.173. The lowest BCUT2D eigenvalue weighted by Gasteiger charge is -1.95. The summed E-state index contributed by atoms with van der Waals surface area (Å²) in [5.41, 5.74) is 2.06. The minimum atomic E-state index is -0.173. The van der Waals surface area contributed by atoms with E-state index in [-0.39, 0.29) is 16.4 Å². The van der Waals surface area contributed by atoms with Gasteiger partial charge >= 0.3 is 5.69 Å². The van der Waals surface area contributed by atoms with Crippen LogP contribution in [0, 0.1) is 4.91 Å². The summed E-state index contributed by atoms with van der Waals surface area (Å²) in [7, 11) is 0. The quantitative estimate of drug-likeness (QED) is 0.640. The van der Waals surface area contributed by atoms with E-state index in [0.29, 0.717) is 0 Å². The van der Waals surface area contributed by atoms with Gasteiger partial charge in [-0.3, -0.25) is 0 Å². The van der Waals surface area contributed by atoms with Gasteiger partial charge in [0, 0.05) is 12.1 Å². The molecule has 0 aliphatic carbocycles. The first-order valence-corrected chi connectivity index (χ1v) is 5.38. The van der Waals surface area contributed by atoms with Crippen molar-refractivity contribution in [2.75, 3.05) is 0 Å². The Morgan fingerprint density at radius 2 is 1.28 bits per heavy atom. The highest BCUT2D eigenvalue weighted by Crippen LogP contribution is 2.15. The topological polar surface area (TPSA) is 60.5 Å². The summed E-state index contributed by atoms with van der Waals surface area (Å²) in [6.07, 6.45) is 3.77. The number of rotatable bonds is 3. The molecule has 4 heteroatoms. The number of benzene rings is 2. The molecule has 18 heavy (non-hydrogen) atoms. The zero-order valence-corrected chi connectivity index (χ0v) is 9.52. The Balaban J connectivity index is 2.13. The molecule has 0 fully saturated rings. The third-order valence-electron chi connectivity index (χ3n) is 2.48. The van der Waals surface area contributed by atoms with E-state index in [0.717, 1.165) is 11.1 Å². The predicted molar refractivity (Wildman–Crippen MR) is 68.6 cm³/mol. The molecular weight excluding hydrogens is 230 g/mol. The van der Waals surface area contributed by atoms with Crippen LogP contribution >= 0.6 is 0 Å². The third kappa shape index (κ3) is 2.95. The molecule has 0 radical (unpaired) electrons. The van der Waals surface area contributed by atoms with E-state index in [1.165, 1.54) is 12.1 Å². The average molecular weight is 242 g/mol. The van der Waals surface area contributed by atoms with Gasteiger partial charge in [0.2, 0.25) is 0 Å². The lowest BCUT2D eigenvalue weighted by Crippen LogP contribution is -1.90. The average Bonchev–Trinajstić information content (AvgIpc) is 2.38. The molecule has 0 spiro atoms. The number of aromatic hydroxyl groups is 1. The normalized spacial score (nSPS) is 10.7. The smallest absolute Gasteiger partial charge is 0.316 e. The van der Waals surface area contributed by atoms with Gasteiger partial charge in [-0.15, -0.1) is 0 Å². The summed E-state index contributed by atoms with van der Waals surface area (Å²) in [6.45, 7) is 0. The maximum atomic E-state index is 10.6. The van der Waals surface area contributed by atoms with Crippen molar-refractivity contribution in [1.82, 2.24) is 0 Å². The molecule has 2 rings (SSSR count). The molecule has 2 aromatic carbocycles. The Bertz CT molecular complexity index is 571. The van der Waals surface area contributed by atoms with Crippen LogP contribution in [0.4, 0.5) is 5.69 Å². The molecule has 0 saturated heterocycles. The van der Waals surface area contributed by atoms with Gasteiger partial charge in [-0.25, -0.2) is 5.21 Å². The van der Waals surface area contributed by atoms with Gasteiger partial charge in [-0.2, -0.15) is 0 Å². The van der Waals surface area contributed by atoms with Crippen molar-refractivity contribution in [2.24, 2.45) is 0 Å². The van der Waals surface area contributed by atoms with Crippen molar-refractivity contribution in [3.63, 3.8) is 0 Å². The Labute approximate surface area is 104 Å². The van der Waals surface area contributed by atoms with E-state index in [9.17, 15) is 4.91 Å². The molecule has 0 heterocycles. The predicted octanol–water partition coefficient (Wildman–Crippen LogP) is 3.36. The second-order valence-electron chi connectivity index (χ2n) is 3.79. The van der Waals surface area contributed by atoms with Crippen molar-refractivity contribution in [2.45, 2.75) is 0 Å². The Morgan fingerprint density at radius 3 is 1.72 bits per heavy atom. The number of hydrogen-bond donors (Lipinski definition) is 2. The van der Waals surface area contributed by atoms with Crippen LogP contribution in [0.1, 0.15) is 11.1 Å². The van der Waals surface area contributed by atoms with E-state index >= 15 is 0 Å². The van der Waals surface area contributed by atoms with Crippen molar-refractivity contribution in [3.05, 3.63) is 64.6 Å². The highest BCUT2D eigenvalue weighted by Gasteiger charge is 2.08. The number of phenols is 1. The van der Waals surface area contributed by atoms with Gasteiger partial charge in [-0.05, 0) is 35.4 Å². The summed E-state index contributed by atoms with van der Waals surface area (Å²) in [4.78, 5) is 10.4. The summed E-state index contributed by atoms with van der Waals surface area (Å²) in [6, 6.07) is 13.3. The lowest BCUT2D eigenvalue weighted by atomic mass is 10.1. The van der Waals surface area contributed by atoms with Gasteiger partial charge in [0.15, 0.2) is 0 Å². The van der Waals surface area contributed by atoms with Crippen molar-refractivity contribution < 1.29 is 15.2 Å². The number of nitrogens with zero attached hydrogens (tertiary/aromatic N) is 1. The number of hydrogen-bond acceptors (Lipinski definition) is 2. The highest BCUT2D eigenvalue weighted by molar-refractivity contribution is 5.70. The molecule has 90 valence electrons. The monoisotopic (exact) mass is 242 g/mol. The first-order valence-electron chi connectivity index (χ1n) is 5.38. The summed E-state index contributed by atoms with van der Waals surface area (Å²) in [5, 5.41) is 17.8. The fraction of sp³-hybridized carbons (Fsp3) is 0. The van der Waals surface area contributed by atoms with Gasteiger partial charge in [0.25, 0.3) is 4.92 Å². The largest absolute Gasteiger partial charge is 0.508 e. The molecule has 0 aromatic heterocycles. The van der Waals surface area contributed by atoms with Crippen molar-refractivity contribution in [3.8, 4) is 5.75 Å². The molecule has 4 nitrogen and oxygen atoms in total. The zero-order valence-electron chi connectivity index (χ0n) is 9.52. The second-order valence-corrected chi connectivity index (χ2v) is 3.79. The molecule has 0 atom stereocenters.